The van der Waals surface area contributed by atoms with Crippen molar-refractivity contribution in [1.82, 2.24) is 16.0 Å². The average Bonchev–Trinajstić information content (AvgIpc) is 2.54. The van der Waals surface area contributed by atoms with Crippen molar-refractivity contribution in [2.24, 2.45) is 4.99 Å². The number of benzene rings is 1. The van der Waals surface area contributed by atoms with Crippen molar-refractivity contribution in [2.45, 2.75) is 46.8 Å². The van der Waals surface area contributed by atoms with E-state index >= 15 is 0 Å². The summed E-state index contributed by atoms with van der Waals surface area (Å²) in [6.07, 6.45) is -0.443. The van der Waals surface area contributed by atoms with Gasteiger partial charge in [-0.3, -0.25) is 4.79 Å². The second-order valence-corrected chi connectivity index (χ2v) is 6.93. The van der Waals surface area contributed by atoms with Gasteiger partial charge in [-0.1, -0.05) is 12.1 Å². The molecule has 8 nitrogen and oxygen atoms in total. The molecule has 0 aromatic heterocycles. The van der Waals surface area contributed by atoms with E-state index in [2.05, 4.69) is 26.3 Å². The van der Waals surface area contributed by atoms with E-state index in [1.807, 2.05) is 52.0 Å². The lowest BCUT2D eigenvalue weighted by atomic mass is 10.2. The molecule has 158 valence electrons. The number of carbonyl (C=O) groups is 2. The van der Waals surface area contributed by atoms with Crippen molar-refractivity contribution in [3.05, 3.63) is 29.8 Å². The van der Waals surface area contributed by atoms with Crippen molar-refractivity contribution in [3.63, 3.8) is 0 Å². The maximum absolute atomic E-state index is 11.6. The zero-order valence-electron chi connectivity index (χ0n) is 17.2. The number of hydrogen-bond donors (Lipinski definition) is 4. The Morgan fingerprint density at radius 3 is 2.39 bits per heavy atom. The highest BCUT2D eigenvalue weighted by Crippen LogP contribution is 2.11. The van der Waals surface area contributed by atoms with Crippen LogP contribution in [-0.2, 0) is 16.1 Å². The molecule has 0 bridgehead atoms. The fourth-order valence-corrected chi connectivity index (χ4v) is 2.12. The van der Waals surface area contributed by atoms with E-state index in [0.717, 1.165) is 17.8 Å². The van der Waals surface area contributed by atoms with Gasteiger partial charge in [-0.05, 0) is 45.4 Å². The number of guanidine groups is 1. The van der Waals surface area contributed by atoms with Crippen LogP contribution >= 0.6 is 24.0 Å². The predicted octanol–water partition coefficient (Wildman–Crippen LogP) is 2.84. The van der Waals surface area contributed by atoms with Gasteiger partial charge in [0.15, 0.2) is 5.96 Å². The summed E-state index contributed by atoms with van der Waals surface area (Å²) in [5, 5.41) is 11.8. The molecule has 2 amide bonds. The lowest BCUT2D eigenvalue weighted by molar-refractivity contribution is -0.114. The minimum atomic E-state index is -0.514. The maximum atomic E-state index is 11.6. The van der Waals surface area contributed by atoms with E-state index < -0.39 is 11.7 Å². The number of nitrogens with one attached hydrogen (secondary N) is 4. The van der Waals surface area contributed by atoms with E-state index in [9.17, 15) is 9.59 Å². The third-order valence-corrected chi connectivity index (χ3v) is 3.10. The fourth-order valence-electron chi connectivity index (χ4n) is 2.12. The first-order chi connectivity index (χ1) is 12.7. The Kier molecular flexibility index (Phi) is 12.2. The number of amides is 2. The molecular formula is C19H32IN5O3. The van der Waals surface area contributed by atoms with Crippen molar-refractivity contribution in [1.29, 1.82) is 0 Å². The fraction of sp³-hybridized carbons (Fsp3) is 0.526. The molecule has 1 rings (SSSR count). The lowest BCUT2D eigenvalue weighted by Gasteiger charge is -2.19. The molecule has 0 heterocycles. The minimum Gasteiger partial charge on any atom is -0.444 e. The van der Waals surface area contributed by atoms with Crippen LogP contribution in [0.25, 0.3) is 0 Å². The Morgan fingerprint density at radius 1 is 1.11 bits per heavy atom. The maximum Gasteiger partial charge on any atom is 0.407 e. The van der Waals surface area contributed by atoms with Gasteiger partial charge < -0.3 is 26.0 Å². The van der Waals surface area contributed by atoms with Gasteiger partial charge in [-0.15, -0.1) is 24.0 Å². The molecule has 0 atom stereocenters. The molecule has 0 aliphatic carbocycles. The minimum absolute atomic E-state index is 0. The standard InChI is InChI=1S/C19H31N5O3.HI/c1-6-20-17(21-10-11-22-18(26)27-19(3,4)5)23-13-15-8-7-9-16(12-15)24-14(2)25;/h7-9,12H,6,10-11,13H2,1-5H3,(H,22,26)(H,24,25)(H2,20,21,23);1H. The van der Waals surface area contributed by atoms with E-state index in [0.29, 0.717) is 25.6 Å². The Balaban J connectivity index is 0.00000729. The number of nitrogens with zero attached hydrogens (tertiary/aromatic N) is 1. The molecule has 0 unspecified atom stereocenters. The Labute approximate surface area is 184 Å². The number of hydrogen-bond acceptors (Lipinski definition) is 4. The zero-order valence-corrected chi connectivity index (χ0v) is 19.5. The van der Waals surface area contributed by atoms with Crippen LogP contribution in [-0.4, -0.2) is 43.2 Å². The summed E-state index contributed by atoms with van der Waals surface area (Å²) in [6.45, 7) is 11.0. The van der Waals surface area contributed by atoms with Crippen LogP contribution in [0.3, 0.4) is 0 Å². The molecule has 0 fully saturated rings. The van der Waals surface area contributed by atoms with Gasteiger partial charge in [0, 0.05) is 32.2 Å². The summed E-state index contributed by atoms with van der Waals surface area (Å²) in [4.78, 5) is 27.3. The Morgan fingerprint density at radius 2 is 1.79 bits per heavy atom. The zero-order chi connectivity index (χ0) is 20.3. The topological polar surface area (TPSA) is 104 Å². The number of rotatable bonds is 7. The SMILES string of the molecule is CCNC(=NCc1cccc(NC(C)=O)c1)NCCNC(=O)OC(C)(C)C.I. The van der Waals surface area contributed by atoms with Crippen LogP contribution in [0.2, 0.25) is 0 Å². The molecule has 0 spiro atoms. The number of alkyl carbamates (subject to hydrolysis) is 1. The van der Waals surface area contributed by atoms with Gasteiger partial charge >= 0.3 is 6.09 Å². The molecular weight excluding hydrogens is 473 g/mol. The largest absolute Gasteiger partial charge is 0.444 e. The van der Waals surface area contributed by atoms with Crippen LogP contribution in [0.1, 0.15) is 40.2 Å². The smallest absolute Gasteiger partial charge is 0.407 e. The summed E-state index contributed by atoms with van der Waals surface area (Å²) in [7, 11) is 0. The number of aliphatic imine (C=N–C) groups is 1. The number of carbonyl (C=O) groups excluding carboxylic acids is 2. The number of anilines is 1. The van der Waals surface area contributed by atoms with Gasteiger partial charge in [-0.2, -0.15) is 0 Å². The van der Waals surface area contributed by atoms with E-state index in [4.69, 9.17) is 4.74 Å². The molecule has 9 heteroatoms. The van der Waals surface area contributed by atoms with Crippen LogP contribution < -0.4 is 21.3 Å². The summed E-state index contributed by atoms with van der Waals surface area (Å²) in [5.74, 6) is 0.538. The van der Waals surface area contributed by atoms with Gasteiger partial charge in [0.2, 0.25) is 5.91 Å². The van der Waals surface area contributed by atoms with E-state index in [-0.39, 0.29) is 29.9 Å². The first kappa shape index (κ1) is 26.0. The highest BCUT2D eigenvalue weighted by Gasteiger charge is 2.15. The Hall–Kier alpha value is -2.04. The van der Waals surface area contributed by atoms with Crippen molar-refractivity contribution < 1.29 is 14.3 Å². The van der Waals surface area contributed by atoms with Gasteiger partial charge in [0.05, 0.1) is 6.54 Å². The highest BCUT2D eigenvalue weighted by molar-refractivity contribution is 14.0. The van der Waals surface area contributed by atoms with Crippen LogP contribution in [0.15, 0.2) is 29.3 Å². The Bertz CT molecular complexity index is 659. The highest BCUT2D eigenvalue weighted by atomic mass is 127. The third-order valence-electron chi connectivity index (χ3n) is 3.10. The monoisotopic (exact) mass is 505 g/mol. The van der Waals surface area contributed by atoms with Crippen molar-refractivity contribution in [2.75, 3.05) is 25.0 Å². The second kappa shape index (κ2) is 13.2. The molecule has 1 aromatic carbocycles. The molecule has 0 saturated heterocycles. The van der Waals surface area contributed by atoms with Crippen molar-refractivity contribution >= 4 is 47.6 Å². The summed E-state index contributed by atoms with van der Waals surface area (Å²) >= 11 is 0. The molecule has 4 N–H and O–H groups in total. The van der Waals surface area contributed by atoms with Gasteiger partial charge in [-0.25, -0.2) is 9.79 Å². The predicted molar refractivity (Wildman–Crippen MR) is 123 cm³/mol. The first-order valence-electron chi connectivity index (χ1n) is 9.05. The summed E-state index contributed by atoms with van der Waals surface area (Å²) in [6, 6.07) is 7.54. The molecule has 0 saturated carbocycles. The molecule has 1 aromatic rings. The van der Waals surface area contributed by atoms with Crippen LogP contribution in [0, 0.1) is 0 Å². The number of halogens is 1. The average molecular weight is 505 g/mol. The number of ether oxygens (including phenoxy) is 1. The van der Waals surface area contributed by atoms with Gasteiger partial charge in [0.25, 0.3) is 0 Å². The molecule has 0 aliphatic heterocycles. The van der Waals surface area contributed by atoms with Crippen molar-refractivity contribution in [3.8, 4) is 0 Å². The molecule has 0 aliphatic rings. The normalized spacial score (nSPS) is 11.1. The van der Waals surface area contributed by atoms with Crippen LogP contribution in [0.4, 0.5) is 10.5 Å². The van der Waals surface area contributed by atoms with E-state index in [1.165, 1.54) is 6.92 Å². The quantitative estimate of drug-likeness (QED) is 0.198. The first-order valence-corrected chi connectivity index (χ1v) is 9.05. The van der Waals surface area contributed by atoms with Crippen LogP contribution in [0.5, 0.6) is 0 Å². The molecule has 0 radical (unpaired) electrons. The van der Waals surface area contributed by atoms with E-state index in [1.54, 1.807) is 0 Å². The third kappa shape index (κ3) is 12.4. The lowest BCUT2D eigenvalue weighted by Crippen LogP contribution is -2.42. The summed E-state index contributed by atoms with van der Waals surface area (Å²) in [5.41, 5.74) is 1.21. The summed E-state index contributed by atoms with van der Waals surface area (Å²) < 4.78 is 5.18. The van der Waals surface area contributed by atoms with Gasteiger partial charge in [0.1, 0.15) is 5.60 Å². The second-order valence-electron chi connectivity index (χ2n) is 6.93. The molecule has 28 heavy (non-hydrogen) atoms.